The monoisotopic (exact) mass is 274 g/mol. The zero-order chi connectivity index (χ0) is 13.2. The van der Waals surface area contributed by atoms with Gasteiger partial charge in [0, 0.05) is 11.0 Å². The summed E-state index contributed by atoms with van der Waals surface area (Å²) in [6, 6.07) is 5.27. The molecule has 0 atom stereocenters. The van der Waals surface area contributed by atoms with Crippen LogP contribution in [-0.2, 0) is 0 Å². The number of rotatable bonds is 2. The molecule has 0 radical (unpaired) electrons. The lowest BCUT2D eigenvalue weighted by Gasteiger charge is -2.20. The summed E-state index contributed by atoms with van der Waals surface area (Å²) < 4.78 is 14.6. The second-order valence-corrected chi connectivity index (χ2v) is 4.56. The Balaban J connectivity index is 2.01. The van der Waals surface area contributed by atoms with Crippen molar-refractivity contribution in [1.82, 2.24) is 9.59 Å². The lowest BCUT2D eigenvalue weighted by atomic mass is 9.99. The van der Waals surface area contributed by atoms with Crippen LogP contribution in [-0.4, -0.2) is 29.1 Å². The Morgan fingerprint density at radius 2 is 2.37 bits per heavy atom. The number of methoxy groups -OCH3 is 1. The molecule has 19 heavy (non-hydrogen) atoms. The van der Waals surface area contributed by atoms with Gasteiger partial charge >= 0.3 is 0 Å². The summed E-state index contributed by atoms with van der Waals surface area (Å²) in [7, 11) is 1.55. The maximum absolute atomic E-state index is 12.4. The fourth-order valence-electron chi connectivity index (χ4n) is 1.91. The summed E-state index contributed by atoms with van der Waals surface area (Å²) in [6.45, 7) is 0.212. The van der Waals surface area contributed by atoms with Crippen LogP contribution in [0, 0.1) is 0 Å². The number of ketones is 1. The Bertz CT molecular complexity index is 650. The number of para-hydroxylation sites is 1. The van der Waals surface area contributed by atoms with Crippen LogP contribution in [0.5, 0.6) is 11.5 Å². The molecule has 1 aromatic heterocycles. The van der Waals surface area contributed by atoms with E-state index in [0.29, 0.717) is 28.3 Å². The minimum Gasteiger partial charge on any atom is -0.493 e. The van der Waals surface area contributed by atoms with Crippen LogP contribution in [0.4, 0.5) is 0 Å². The summed E-state index contributed by atoms with van der Waals surface area (Å²) in [5.41, 5.74) is 1.75. The Labute approximate surface area is 113 Å². The first-order valence-corrected chi connectivity index (χ1v) is 6.45. The number of hydrogen-bond donors (Lipinski definition) is 0. The molecule has 2 heterocycles. The van der Waals surface area contributed by atoms with Gasteiger partial charge in [0.25, 0.3) is 0 Å². The molecule has 0 amide bonds. The molecule has 5 nitrogen and oxygen atoms in total. The lowest BCUT2D eigenvalue weighted by Crippen LogP contribution is -2.19. The number of hydrogen-bond acceptors (Lipinski definition) is 6. The van der Waals surface area contributed by atoms with Crippen molar-refractivity contribution in [2.45, 2.75) is 0 Å². The summed E-state index contributed by atoms with van der Waals surface area (Å²) in [5.74, 6) is 1.01. The molecule has 3 rings (SSSR count). The van der Waals surface area contributed by atoms with Crippen LogP contribution in [0.2, 0.25) is 0 Å². The van der Waals surface area contributed by atoms with Gasteiger partial charge in [-0.25, -0.2) is 0 Å². The van der Waals surface area contributed by atoms with Gasteiger partial charge in [-0.05, 0) is 29.7 Å². The largest absolute Gasteiger partial charge is 0.493 e. The number of benzene rings is 1. The maximum Gasteiger partial charge on any atom is 0.196 e. The van der Waals surface area contributed by atoms with Crippen LogP contribution in [0.3, 0.4) is 0 Å². The zero-order valence-corrected chi connectivity index (χ0v) is 10.9. The highest BCUT2D eigenvalue weighted by molar-refractivity contribution is 7.03. The molecule has 0 saturated heterocycles. The molecule has 1 aliphatic rings. The predicted molar refractivity (Wildman–Crippen MR) is 70.7 cm³/mol. The van der Waals surface area contributed by atoms with Crippen molar-refractivity contribution in [2.24, 2.45) is 0 Å². The first kappa shape index (κ1) is 11.9. The number of carbonyl (C=O) groups is 1. The fourth-order valence-corrected chi connectivity index (χ4v) is 2.32. The number of ether oxygens (including phenoxy) is 2. The van der Waals surface area contributed by atoms with Gasteiger partial charge in [-0.2, -0.15) is 0 Å². The number of fused-ring (bicyclic) bond motifs is 1. The highest BCUT2D eigenvalue weighted by atomic mass is 32.1. The molecule has 0 saturated carbocycles. The summed E-state index contributed by atoms with van der Waals surface area (Å²) in [5, 5.41) is 5.67. The highest BCUT2D eigenvalue weighted by Gasteiger charge is 2.26. The van der Waals surface area contributed by atoms with Crippen molar-refractivity contribution < 1.29 is 14.3 Å². The molecule has 96 valence electrons. The summed E-state index contributed by atoms with van der Waals surface area (Å²) in [4.78, 5) is 12.4. The Morgan fingerprint density at radius 1 is 1.47 bits per heavy atom. The van der Waals surface area contributed by atoms with E-state index in [4.69, 9.17) is 9.47 Å². The smallest absolute Gasteiger partial charge is 0.196 e. The molecule has 0 bridgehead atoms. The Morgan fingerprint density at radius 3 is 3.11 bits per heavy atom. The Hall–Kier alpha value is -2.21. The van der Waals surface area contributed by atoms with E-state index < -0.39 is 0 Å². The molecule has 6 heteroatoms. The molecule has 1 aliphatic heterocycles. The van der Waals surface area contributed by atoms with Gasteiger partial charge in [-0.15, -0.1) is 5.10 Å². The van der Waals surface area contributed by atoms with Crippen LogP contribution in [0.25, 0.3) is 6.08 Å². The summed E-state index contributed by atoms with van der Waals surface area (Å²) >= 11 is 1.24. The van der Waals surface area contributed by atoms with Gasteiger partial charge in [0.05, 0.1) is 18.4 Å². The van der Waals surface area contributed by atoms with Crippen molar-refractivity contribution in [1.29, 1.82) is 0 Å². The minimum atomic E-state index is -0.0619. The van der Waals surface area contributed by atoms with Crippen LogP contribution < -0.4 is 9.47 Å². The number of aromatic nitrogens is 2. The summed E-state index contributed by atoms with van der Waals surface area (Å²) in [6.07, 6.45) is 1.70. The van der Waals surface area contributed by atoms with Gasteiger partial charge in [0.15, 0.2) is 17.3 Å². The maximum atomic E-state index is 12.4. The van der Waals surface area contributed by atoms with E-state index >= 15 is 0 Å². The molecule has 0 unspecified atom stereocenters. The average molecular weight is 274 g/mol. The lowest BCUT2D eigenvalue weighted by molar-refractivity contribution is 0.0999. The first-order valence-electron chi connectivity index (χ1n) is 5.61. The molecule has 0 fully saturated rings. The second-order valence-electron chi connectivity index (χ2n) is 3.95. The van der Waals surface area contributed by atoms with Crippen LogP contribution >= 0.6 is 11.5 Å². The zero-order valence-electron chi connectivity index (χ0n) is 10.1. The molecule has 1 aromatic carbocycles. The molecular formula is C13H10N2O3S. The minimum absolute atomic E-state index is 0.0619. The third-order valence-electron chi connectivity index (χ3n) is 2.81. The van der Waals surface area contributed by atoms with E-state index in [9.17, 15) is 4.79 Å². The SMILES string of the molecule is COc1cccc2c1OC/C(=C\c1csnn1)C2=O. The van der Waals surface area contributed by atoms with Gasteiger partial charge in [-0.1, -0.05) is 10.6 Å². The molecule has 0 N–H and O–H groups in total. The normalized spacial score (nSPS) is 16.1. The number of carbonyl (C=O) groups excluding carboxylic acids is 1. The topological polar surface area (TPSA) is 61.3 Å². The fraction of sp³-hybridized carbons (Fsp3) is 0.154. The van der Waals surface area contributed by atoms with Gasteiger partial charge in [-0.3, -0.25) is 4.79 Å². The van der Waals surface area contributed by atoms with E-state index in [2.05, 4.69) is 9.59 Å². The van der Waals surface area contributed by atoms with Gasteiger partial charge in [0.2, 0.25) is 0 Å². The molecule has 2 aromatic rings. The molecular weight excluding hydrogens is 264 g/mol. The van der Waals surface area contributed by atoms with Crippen molar-refractivity contribution in [3.63, 3.8) is 0 Å². The third kappa shape index (κ3) is 2.10. The molecule has 0 aliphatic carbocycles. The van der Waals surface area contributed by atoms with Crippen molar-refractivity contribution >= 4 is 23.4 Å². The second kappa shape index (κ2) is 4.81. The van der Waals surface area contributed by atoms with E-state index in [1.165, 1.54) is 11.5 Å². The van der Waals surface area contributed by atoms with Crippen LogP contribution in [0.15, 0.2) is 29.2 Å². The van der Waals surface area contributed by atoms with Crippen molar-refractivity contribution in [3.05, 3.63) is 40.4 Å². The van der Waals surface area contributed by atoms with E-state index in [0.717, 1.165) is 0 Å². The van der Waals surface area contributed by atoms with E-state index in [-0.39, 0.29) is 12.4 Å². The first-order chi connectivity index (χ1) is 9.29. The highest BCUT2D eigenvalue weighted by Crippen LogP contribution is 2.36. The molecule has 0 spiro atoms. The van der Waals surface area contributed by atoms with Gasteiger partial charge in [0.1, 0.15) is 6.61 Å². The quantitative estimate of drug-likeness (QED) is 0.786. The Kier molecular flexibility index (Phi) is 3.00. The van der Waals surface area contributed by atoms with Gasteiger partial charge < -0.3 is 9.47 Å². The van der Waals surface area contributed by atoms with Crippen molar-refractivity contribution in [2.75, 3.05) is 13.7 Å². The average Bonchev–Trinajstić information content (AvgIpc) is 2.94. The number of nitrogens with zero attached hydrogens (tertiary/aromatic N) is 2. The standard InChI is InChI=1S/C13H10N2O3S/c1-17-11-4-2-3-10-12(16)8(6-18-13(10)11)5-9-7-19-15-14-9/h2-5,7H,6H2,1H3/b8-5+. The van der Waals surface area contributed by atoms with E-state index in [1.807, 2.05) is 0 Å². The number of Topliss-reactive ketones (excluding diaryl/α,β-unsaturated/α-hetero) is 1. The van der Waals surface area contributed by atoms with Crippen LogP contribution in [0.1, 0.15) is 16.1 Å². The van der Waals surface area contributed by atoms with Crippen molar-refractivity contribution in [3.8, 4) is 11.5 Å². The predicted octanol–water partition coefficient (Wildman–Crippen LogP) is 2.21. The third-order valence-corrected chi connectivity index (χ3v) is 3.33. The van der Waals surface area contributed by atoms with E-state index in [1.54, 1.807) is 36.8 Å².